The van der Waals surface area contributed by atoms with Crippen molar-refractivity contribution in [1.82, 2.24) is 10.2 Å². The van der Waals surface area contributed by atoms with Crippen LogP contribution in [0.5, 0.6) is 5.75 Å². The zero-order valence-electron chi connectivity index (χ0n) is 15.2. The maximum absolute atomic E-state index is 12.2. The lowest BCUT2D eigenvalue weighted by Crippen LogP contribution is -2.36. The summed E-state index contributed by atoms with van der Waals surface area (Å²) < 4.78 is 10.9. The van der Waals surface area contributed by atoms with E-state index in [0.717, 1.165) is 38.4 Å². The van der Waals surface area contributed by atoms with Crippen molar-refractivity contribution < 1.29 is 14.3 Å². The van der Waals surface area contributed by atoms with Crippen LogP contribution in [-0.2, 0) is 22.6 Å². The van der Waals surface area contributed by atoms with E-state index in [9.17, 15) is 4.79 Å². The van der Waals surface area contributed by atoms with E-state index in [1.54, 1.807) is 0 Å². The Balaban J connectivity index is 1.52. The van der Waals surface area contributed by atoms with Crippen LogP contribution in [0.3, 0.4) is 0 Å². The molecule has 1 heterocycles. The molecule has 0 radical (unpaired) electrons. The average Bonchev–Trinajstić information content (AvgIpc) is 2.70. The summed E-state index contributed by atoms with van der Waals surface area (Å²) in [7, 11) is 0. The van der Waals surface area contributed by atoms with Gasteiger partial charge < -0.3 is 14.8 Å². The van der Waals surface area contributed by atoms with Gasteiger partial charge in [-0.25, -0.2) is 0 Å². The number of amides is 1. The summed E-state index contributed by atoms with van der Waals surface area (Å²) in [6.07, 6.45) is 0. The number of carbonyl (C=O) groups excluding carboxylic acids is 1. The molecule has 28 heavy (non-hydrogen) atoms. The molecule has 0 atom stereocenters. The van der Waals surface area contributed by atoms with Crippen molar-refractivity contribution in [3.05, 3.63) is 62.6 Å². The monoisotopic (exact) mass is 442 g/mol. The van der Waals surface area contributed by atoms with Crippen LogP contribution in [-0.4, -0.2) is 43.7 Å². The SMILES string of the molecule is O=C(COc1cc(Cl)c(Cl)cc1Cl)NCc1ccccc1CN1CCOCC1. The Morgan fingerprint density at radius 1 is 1.04 bits per heavy atom. The van der Waals surface area contributed by atoms with E-state index in [0.29, 0.717) is 27.4 Å². The van der Waals surface area contributed by atoms with Crippen molar-refractivity contribution in [2.75, 3.05) is 32.9 Å². The van der Waals surface area contributed by atoms with Crippen molar-refractivity contribution in [3.8, 4) is 5.75 Å². The van der Waals surface area contributed by atoms with E-state index in [1.165, 1.54) is 17.7 Å². The number of morpholine rings is 1. The molecule has 5 nitrogen and oxygen atoms in total. The van der Waals surface area contributed by atoms with Crippen molar-refractivity contribution in [1.29, 1.82) is 0 Å². The van der Waals surface area contributed by atoms with Crippen molar-refractivity contribution in [2.45, 2.75) is 13.1 Å². The maximum Gasteiger partial charge on any atom is 0.258 e. The van der Waals surface area contributed by atoms with Crippen LogP contribution >= 0.6 is 34.8 Å². The van der Waals surface area contributed by atoms with Crippen LogP contribution in [0.25, 0.3) is 0 Å². The Morgan fingerprint density at radius 3 is 2.46 bits per heavy atom. The molecule has 1 amide bonds. The number of ether oxygens (including phenoxy) is 2. The summed E-state index contributed by atoms with van der Waals surface area (Å²) in [6.45, 7) is 4.45. The number of hydrogen-bond donors (Lipinski definition) is 1. The van der Waals surface area contributed by atoms with Gasteiger partial charge in [-0.1, -0.05) is 59.1 Å². The van der Waals surface area contributed by atoms with Crippen LogP contribution in [0.2, 0.25) is 15.1 Å². The van der Waals surface area contributed by atoms with E-state index < -0.39 is 0 Å². The quantitative estimate of drug-likeness (QED) is 0.653. The molecule has 1 saturated heterocycles. The van der Waals surface area contributed by atoms with E-state index in [4.69, 9.17) is 44.3 Å². The molecule has 0 bridgehead atoms. The van der Waals surface area contributed by atoms with Gasteiger partial charge in [0.05, 0.1) is 28.3 Å². The van der Waals surface area contributed by atoms with Crippen LogP contribution in [0.1, 0.15) is 11.1 Å². The molecule has 1 aliphatic heterocycles. The fourth-order valence-corrected chi connectivity index (χ4v) is 3.48. The predicted molar refractivity (Wildman–Crippen MR) is 111 cm³/mol. The highest BCUT2D eigenvalue weighted by Gasteiger charge is 2.14. The first kappa shape index (κ1) is 21.2. The van der Waals surface area contributed by atoms with E-state index in [1.807, 2.05) is 18.2 Å². The predicted octanol–water partition coefficient (Wildman–Crippen LogP) is 4.17. The molecule has 0 unspecified atom stereocenters. The van der Waals surface area contributed by atoms with Crippen LogP contribution < -0.4 is 10.1 Å². The third-order valence-corrected chi connectivity index (χ3v) is 5.44. The summed E-state index contributed by atoms with van der Waals surface area (Å²) in [5.41, 5.74) is 2.27. The van der Waals surface area contributed by atoms with Gasteiger partial charge >= 0.3 is 0 Å². The Labute approximate surface area is 179 Å². The minimum absolute atomic E-state index is 0.163. The number of hydrogen-bond acceptors (Lipinski definition) is 4. The van der Waals surface area contributed by atoms with Crippen molar-refractivity contribution in [3.63, 3.8) is 0 Å². The smallest absolute Gasteiger partial charge is 0.258 e. The summed E-state index contributed by atoms with van der Waals surface area (Å²) in [6, 6.07) is 11.1. The van der Waals surface area contributed by atoms with E-state index >= 15 is 0 Å². The molecule has 1 N–H and O–H groups in total. The van der Waals surface area contributed by atoms with Gasteiger partial charge in [0.1, 0.15) is 5.75 Å². The third-order valence-electron chi connectivity index (χ3n) is 4.43. The summed E-state index contributed by atoms with van der Waals surface area (Å²) in [5.74, 6) is 0.0715. The van der Waals surface area contributed by atoms with Crippen LogP contribution in [0.15, 0.2) is 36.4 Å². The Morgan fingerprint density at radius 2 is 1.71 bits per heavy atom. The molecular weight excluding hydrogens is 423 g/mol. The standard InChI is InChI=1S/C20H21Cl3N2O3/c21-16-9-18(23)19(10-17(16)22)28-13-20(26)24-11-14-3-1-2-4-15(14)12-25-5-7-27-8-6-25/h1-4,9-10H,5-8,11-13H2,(H,24,26). The molecule has 2 aromatic rings. The Hall–Kier alpha value is -1.50. The van der Waals surface area contributed by atoms with Crippen LogP contribution in [0.4, 0.5) is 0 Å². The number of benzene rings is 2. The van der Waals surface area contributed by atoms with Crippen molar-refractivity contribution in [2.24, 2.45) is 0 Å². The summed E-state index contributed by atoms with van der Waals surface area (Å²) in [4.78, 5) is 14.5. The molecule has 0 spiro atoms. The number of carbonyl (C=O) groups is 1. The molecule has 0 saturated carbocycles. The minimum Gasteiger partial charge on any atom is -0.482 e. The Bertz CT molecular complexity index is 826. The molecule has 2 aromatic carbocycles. The van der Waals surface area contributed by atoms with Gasteiger partial charge in [-0.2, -0.15) is 0 Å². The van der Waals surface area contributed by atoms with E-state index in [2.05, 4.69) is 16.3 Å². The molecule has 150 valence electrons. The number of nitrogens with one attached hydrogen (secondary N) is 1. The number of nitrogens with zero attached hydrogens (tertiary/aromatic N) is 1. The summed E-state index contributed by atoms with van der Waals surface area (Å²) >= 11 is 17.9. The molecule has 8 heteroatoms. The first-order valence-corrected chi connectivity index (χ1v) is 10.1. The molecule has 1 fully saturated rings. The lowest BCUT2D eigenvalue weighted by atomic mass is 10.1. The first-order chi connectivity index (χ1) is 13.5. The largest absolute Gasteiger partial charge is 0.482 e. The third kappa shape index (κ3) is 6.00. The molecule has 1 aliphatic rings. The lowest BCUT2D eigenvalue weighted by molar-refractivity contribution is -0.123. The fraction of sp³-hybridized carbons (Fsp3) is 0.350. The van der Waals surface area contributed by atoms with Gasteiger partial charge in [-0.15, -0.1) is 0 Å². The zero-order valence-corrected chi connectivity index (χ0v) is 17.5. The minimum atomic E-state index is -0.247. The Kier molecular flexibility index (Phi) is 7.82. The summed E-state index contributed by atoms with van der Waals surface area (Å²) in [5, 5.41) is 3.84. The first-order valence-electron chi connectivity index (χ1n) is 8.94. The molecule has 3 rings (SSSR count). The second kappa shape index (κ2) is 10.3. The van der Waals surface area contributed by atoms with Gasteiger partial charge in [-0.3, -0.25) is 9.69 Å². The number of halogens is 3. The molecule has 0 aliphatic carbocycles. The zero-order chi connectivity index (χ0) is 19.9. The highest BCUT2D eigenvalue weighted by atomic mass is 35.5. The van der Waals surface area contributed by atoms with Crippen molar-refractivity contribution >= 4 is 40.7 Å². The second-order valence-electron chi connectivity index (χ2n) is 6.42. The highest BCUT2D eigenvalue weighted by Crippen LogP contribution is 2.33. The van der Waals surface area contributed by atoms with Gasteiger partial charge in [0.15, 0.2) is 6.61 Å². The van der Waals surface area contributed by atoms with Gasteiger partial charge in [0, 0.05) is 32.2 Å². The van der Waals surface area contributed by atoms with Crippen LogP contribution in [0, 0.1) is 0 Å². The van der Waals surface area contributed by atoms with E-state index in [-0.39, 0.29) is 12.5 Å². The normalized spacial score (nSPS) is 14.7. The lowest BCUT2D eigenvalue weighted by Gasteiger charge is -2.27. The highest BCUT2D eigenvalue weighted by molar-refractivity contribution is 6.43. The fourth-order valence-electron chi connectivity index (χ4n) is 2.89. The topological polar surface area (TPSA) is 50.8 Å². The second-order valence-corrected chi connectivity index (χ2v) is 7.64. The molecule has 0 aromatic heterocycles. The average molecular weight is 444 g/mol. The number of rotatable bonds is 7. The van der Waals surface area contributed by atoms with Gasteiger partial charge in [0.2, 0.25) is 0 Å². The van der Waals surface area contributed by atoms with Gasteiger partial charge in [-0.05, 0) is 17.2 Å². The molecular formula is C20H21Cl3N2O3. The maximum atomic E-state index is 12.2. The van der Waals surface area contributed by atoms with Gasteiger partial charge in [0.25, 0.3) is 5.91 Å².